The number of carbonyl (C=O) groups is 1. The summed E-state index contributed by atoms with van der Waals surface area (Å²) < 4.78 is 27.8. The lowest BCUT2D eigenvalue weighted by Gasteiger charge is -2.18. The molecule has 3 aromatic carbocycles. The van der Waals surface area contributed by atoms with Gasteiger partial charge in [-0.3, -0.25) is 9.52 Å². The summed E-state index contributed by atoms with van der Waals surface area (Å²) in [5.74, 6) is -0.175. The van der Waals surface area contributed by atoms with Crippen LogP contribution in [0.5, 0.6) is 0 Å². The normalized spacial score (nSPS) is 13.2. The quantitative estimate of drug-likeness (QED) is 0.613. The molecule has 0 aliphatic carbocycles. The Morgan fingerprint density at radius 2 is 1.72 bits per heavy atom. The fourth-order valence-electron chi connectivity index (χ4n) is 3.28. The first-order valence-corrected chi connectivity index (χ1v) is 11.1. The van der Waals surface area contributed by atoms with Gasteiger partial charge in [0.25, 0.3) is 15.9 Å². The third-order valence-electron chi connectivity index (χ3n) is 4.70. The summed E-state index contributed by atoms with van der Waals surface area (Å²) in [5, 5.41) is 0.412. The molecule has 1 amide bonds. The van der Waals surface area contributed by atoms with E-state index in [9.17, 15) is 13.2 Å². The third-order valence-corrected chi connectivity index (χ3v) is 6.81. The van der Waals surface area contributed by atoms with Crippen LogP contribution in [0.4, 0.5) is 11.4 Å². The molecule has 1 aliphatic rings. The van der Waals surface area contributed by atoms with E-state index in [2.05, 4.69) is 4.72 Å². The minimum atomic E-state index is -3.88. The molecule has 0 atom stereocenters. The molecule has 0 aromatic heterocycles. The van der Waals surface area contributed by atoms with Crippen molar-refractivity contribution >= 4 is 50.5 Å². The Hall–Kier alpha value is -2.54. The smallest absolute Gasteiger partial charge is 0.261 e. The zero-order valence-corrected chi connectivity index (χ0v) is 17.4. The SMILES string of the molecule is O=C(c1cccc(NS(=O)(=O)c2ccc(Cl)c(Cl)c2)c1)N1CCc2ccccc21. The number of carbonyl (C=O) groups excluding carboxylic acids is 1. The van der Waals surface area contributed by atoms with Gasteiger partial charge < -0.3 is 4.90 Å². The molecule has 5 nitrogen and oxygen atoms in total. The number of para-hydroxylation sites is 1. The standard InChI is InChI=1S/C21H16Cl2N2O3S/c22-18-9-8-17(13-19(18)23)29(27,28)24-16-6-3-5-15(12-16)21(26)25-11-10-14-4-1-2-7-20(14)25/h1-9,12-13,24H,10-11H2. The lowest BCUT2D eigenvalue weighted by atomic mass is 10.1. The highest BCUT2D eigenvalue weighted by Crippen LogP contribution is 2.30. The number of rotatable bonds is 4. The van der Waals surface area contributed by atoms with Crippen molar-refractivity contribution in [3.05, 3.63) is 87.9 Å². The van der Waals surface area contributed by atoms with E-state index in [-0.39, 0.29) is 26.5 Å². The Morgan fingerprint density at radius 1 is 0.931 bits per heavy atom. The number of nitrogens with zero attached hydrogens (tertiary/aromatic N) is 1. The predicted octanol–water partition coefficient (Wildman–Crippen LogP) is 5.00. The minimum absolute atomic E-state index is 0.0166. The molecule has 0 unspecified atom stereocenters. The van der Waals surface area contributed by atoms with E-state index in [0.717, 1.165) is 17.7 Å². The maximum Gasteiger partial charge on any atom is 0.261 e. The molecular formula is C21H16Cl2N2O3S. The summed E-state index contributed by atoms with van der Waals surface area (Å²) >= 11 is 11.8. The van der Waals surface area contributed by atoms with Crippen LogP contribution >= 0.6 is 23.2 Å². The van der Waals surface area contributed by atoms with Crippen LogP contribution in [0.1, 0.15) is 15.9 Å². The Morgan fingerprint density at radius 3 is 2.52 bits per heavy atom. The molecule has 1 heterocycles. The van der Waals surface area contributed by atoms with Crippen LogP contribution in [0.3, 0.4) is 0 Å². The molecule has 1 aliphatic heterocycles. The van der Waals surface area contributed by atoms with Gasteiger partial charge in [0.05, 0.1) is 14.9 Å². The van der Waals surface area contributed by atoms with Gasteiger partial charge in [0.15, 0.2) is 0 Å². The van der Waals surface area contributed by atoms with E-state index in [1.807, 2.05) is 24.3 Å². The van der Waals surface area contributed by atoms with Crippen molar-refractivity contribution in [3.63, 3.8) is 0 Å². The van der Waals surface area contributed by atoms with Gasteiger partial charge in [0.2, 0.25) is 0 Å². The summed E-state index contributed by atoms with van der Waals surface area (Å²) in [7, 11) is -3.88. The lowest BCUT2D eigenvalue weighted by Crippen LogP contribution is -2.28. The molecule has 148 valence electrons. The zero-order chi connectivity index (χ0) is 20.6. The van der Waals surface area contributed by atoms with Gasteiger partial charge in [-0.05, 0) is 54.4 Å². The van der Waals surface area contributed by atoms with E-state index in [1.165, 1.54) is 24.3 Å². The number of fused-ring (bicyclic) bond motifs is 1. The highest BCUT2D eigenvalue weighted by Gasteiger charge is 2.25. The third kappa shape index (κ3) is 3.96. The average Bonchev–Trinajstić information content (AvgIpc) is 3.13. The fourth-order valence-corrected chi connectivity index (χ4v) is 4.72. The summed E-state index contributed by atoms with van der Waals surface area (Å²) in [6.07, 6.45) is 0.797. The predicted molar refractivity (Wildman–Crippen MR) is 116 cm³/mol. The maximum atomic E-state index is 13.0. The van der Waals surface area contributed by atoms with Crippen LogP contribution < -0.4 is 9.62 Å². The summed E-state index contributed by atoms with van der Waals surface area (Å²) in [5.41, 5.74) is 2.70. The molecule has 4 rings (SSSR count). The number of anilines is 2. The molecule has 1 N–H and O–H groups in total. The second kappa shape index (κ2) is 7.71. The van der Waals surface area contributed by atoms with Gasteiger partial charge in [-0.15, -0.1) is 0 Å². The maximum absolute atomic E-state index is 13.0. The summed E-state index contributed by atoms with van der Waals surface area (Å²) in [4.78, 5) is 14.7. The highest BCUT2D eigenvalue weighted by molar-refractivity contribution is 7.92. The van der Waals surface area contributed by atoms with Crippen LogP contribution in [0.15, 0.2) is 71.6 Å². The molecule has 29 heavy (non-hydrogen) atoms. The van der Waals surface area contributed by atoms with Gasteiger partial charge in [0, 0.05) is 23.5 Å². The fraction of sp³-hybridized carbons (Fsp3) is 0.0952. The van der Waals surface area contributed by atoms with E-state index in [1.54, 1.807) is 23.1 Å². The van der Waals surface area contributed by atoms with Gasteiger partial charge in [0.1, 0.15) is 0 Å². The molecular weight excluding hydrogens is 431 g/mol. The van der Waals surface area contributed by atoms with E-state index < -0.39 is 10.0 Å². The van der Waals surface area contributed by atoms with Crippen molar-refractivity contribution in [1.29, 1.82) is 0 Å². The second-order valence-electron chi connectivity index (χ2n) is 6.60. The molecule has 8 heteroatoms. The number of sulfonamides is 1. The minimum Gasteiger partial charge on any atom is -0.308 e. The zero-order valence-electron chi connectivity index (χ0n) is 15.1. The first-order chi connectivity index (χ1) is 13.8. The van der Waals surface area contributed by atoms with Crippen molar-refractivity contribution in [2.75, 3.05) is 16.2 Å². The molecule has 0 spiro atoms. The largest absolute Gasteiger partial charge is 0.308 e. The lowest BCUT2D eigenvalue weighted by molar-refractivity contribution is 0.0989. The Kier molecular flexibility index (Phi) is 5.25. The van der Waals surface area contributed by atoms with Crippen molar-refractivity contribution < 1.29 is 13.2 Å². The molecule has 0 bridgehead atoms. The van der Waals surface area contributed by atoms with Gasteiger partial charge in [-0.2, -0.15) is 0 Å². The van der Waals surface area contributed by atoms with E-state index in [0.29, 0.717) is 12.1 Å². The number of nitrogens with one attached hydrogen (secondary N) is 1. The van der Waals surface area contributed by atoms with Crippen LogP contribution in [0.25, 0.3) is 0 Å². The number of hydrogen-bond donors (Lipinski definition) is 1. The average molecular weight is 447 g/mol. The highest BCUT2D eigenvalue weighted by atomic mass is 35.5. The van der Waals surface area contributed by atoms with Crippen molar-refractivity contribution in [2.45, 2.75) is 11.3 Å². The van der Waals surface area contributed by atoms with Gasteiger partial charge >= 0.3 is 0 Å². The molecule has 0 saturated heterocycles. The van der Waals surface area contributed by atoms with Gasteiger partial charge in [-0.1, -0.05) is 47.5 Å². The van der Waals surface area contributed by atoms with E-state index in [4.69, 9.17) is 23.2 Å². The first kappa shape index (κ1) is 19.8. The number of amides is 1. The summed E-state index contributed by atoms with van der Waals surface area (Å²) in [6, 6.07) is 18.3. The molecule has 0 saturated carbocycles. The Bertz CT molecular complexity index is 1210. The van der Waals surface area contributed by atoms with Crippen LogP contribution in [-0.4, -0.2) is 20.9 Å². The first-order valence-electron chi connectivity index (χ1n) is 8.83. The Labute approximate surface area is 178 Å². The van der Waals surface area contributed by atoms with Crippen LogP contribution in [0, 0.1) is 0 Å². The topological polar surface area (TPSA) is 66.5 Å². The van der Waals surface area contributed by atoms with E-state index >= 15 is 0 Å². The monoisotopic (exact) mass is 446 g/mol. The van der Waals surface area contributed by atoms with Crippen LogP contribution in [-0.2, 0) is 16.4 Å². The van der Waals surface area contributed by atoms with Crippen LogP contribution in [0.2, 0.25) is 10.0 Å². The Balaban J connectivity index is 1.59. The number of halogens is 2. The van der Waals surface area contributed by atoms with Crippen molar-refractivity contribution in [2.24, 2.45) is 0 Å². The molecule has 0 radical (unpaired) electrons. The molecule has 0 fully saturated rings. The van der Waals surface area contributed by atoms with Gasteiger partial charge in [-0.25, -0.2) is 8.42 Å². The summed E-state index contributed by atoms with van der Waals surface area (Å²) in [6.45, 7) is 0.595. The van der Waals surface area contributed by atoms with Crippen molar-refractivity contribution in [1.82, 2.24) is 0 Å². The van der Waals surface area contributed by atoms with Crippen molar-refractivity contribution in [3.8, 4) is 0 Å². The second-order valence-corrected chi connectivity index (χ2v) is 9.09. The molecule has 3 aromatic rings. The number of benzene rings is 3. The number of hydrogen-bond acceptors (Lipinski definition) is 3.